The van der Waals surface area contributed by atoms with Crippen molar-refractivity contribution >= 4 is 8.32 Å². The minimum atomic E-state index is -1.92. The van der Waals surface area contributed by atoms with Gasteiger partial charge in [0.1, 0.15) is 0 Å². The molecule has 2 aromatic carbocycles. The van der Waals surface area contributed by atoms with Gasteiger partial charge in [0, 0.05) is 12.5 Å². The molecule has 0 N–H and O–H groups in total. The molecule has 2 aromatic rings. The van der Waals surface area contributed by atoms with Crippen LogP contribution in [0.1, 0.15) is 44.4 Å². The zero-order chi connectivity index (χ0) is 20.6. The Morgan fingerprint density at radius 3 is 2.07 bits per heavy atom. The van der Waals surface area contributed by atoms with Gasteiger partial charge < -0.3 is 9.16 Å². The Morgan fingerprint density at radius 2 is 1.54 bits per heavy atom. The predicted octanol–water partition coefficient (Wildman–Crippen LogP) is 7.16. The van der Waals surface area contributed by atoms with Crippen molar-refractivity contribution in [3.05, 3.63) is 84.4 Å². The van der Waals surface area contributed by atoms with Gasteiger partial charge >= 0.3 is 0 Å². The van der Waals surface area contributed by atoms with Crippen LogP contribution in [0.25, 0.3) is 0 Å². The van der Waals surface area contributed by atoms with Crippen LogP contribution in [0, 0.1) is 5.92 Å². The molecule has 2 rings (SSSR count). The van der Waals surface area contributed by atoms with Crippen molar-refractivity contribution in [2.24, 2.45) is 5.92 Å². The maximum absolute atomic E-state index is 6.87. The van der Waals surface area contributed by atoms with Crippen LogP contribution in [-0.2, 0) is 15.8 Å². The second-order valence-electron chi connectivity index (χ2n) is 8.94. The van der Waals surface area contributed by atoms with Gasteiger partial charge in [-0.25, -0.2) is 0 Å². The highest BCUT2D eigenvalue weighted by atomic mass is 28.4. The first kappa shape index (κ1) is 22.6. The number of hydrogen-bond donors (Lipinski definition) is 0. The molecule has 0 unspecified atom stereocenters. The fourth-order valence-corrected chi connectivity index (χ4v) is 4.22. The molecule has 2 atom stereocenters. The van der Waals surface area contributed by atoms with Crippen molar-refractivity contribution in [2.75, 3.05) is 6.61 Å². The Labute approximate surface area is 172 Å². The molecule has 3 heteroatoms. The van der Waals surface area contributed by atoms with Crippen molar-refractivity contribution in [3.8, 4) is 0 Å². The van der Waals surface area contributed by atoms with E-state index in [9.17, 15) is 0 Å². The Balaban J connectivity index is 2.08. The number of ether oxygens (including phenoxy) is 1. The van der Waals surface area contributed by atoms with Gasteiger partial charge in [-0.15, -0.1) is 6.58 Å². The summed E-state index contributed by atoms with van der Waals surface area (Å²) in [6.45, 7) is 16.9. The maximum Gasteiger partial charge on any atom is 0.192 e. The SMILES string of the molecule is C=C[C@@H](CCOCc1ccccc1)[C@H](O[Si](C)(C)C(C)(C)C)c1ccccc1. The lowest BCUT2D eigenvalue weighted by atomic mass is 9.93. The molecule has 0 radical (unpaired) electrons. The van der Waals surface area contributed by atoms with Crippen LogP contribution < -0.4 is 0 Å². The summed E-state index contributed by atoms with van der Waals surface area (Å²) >= 11 is 0. The average Bonchev–Trinajstić information content (AvgIpc) is 2.67. The second-order valence-corrected chi connectivity index (χ2v) is 13.7. The van der Waals surface area contributed by atoms with Gasteiger partial charge in [-0.3, -0.25) is 0 Å². The molecule has 0 amide bonds. The minimum Gasteiger partial charge on any atom is -0.409 e. The lowest BCUT2D eigenvalue weighted by Gasteiger charge is -2.41. The molecule has 28 heavy (non-hydrogen) atoms. The van der Waals surface area contributed by atoms with Crippen LogP contribution in [0.15, 0.2) is 73.3 Å². The van der Waals surface area contributed by atoms with Crippen LogP contribution in [0.2, 0.25) is 18.1 Å². The van der Waals surface area contributed by atoms with E-state index in [0.717, 1.165) is 6.42 Å². The van der Waals surface area contributed by atoms with Crippen molar-refractivity contribution in [1.29, 1.82) is 0 Å². The topological polar surface area (TPSA) is 18.5 Å². The molecule has 2 nitrogen and oxygen atoms in total. The van der Waals surface area contributed by atoms with Gasteiger partial charge in [0.05, 0.1) is 12.7 Å². The largest absolute Gasteiger partial charge is 0.409 e. The van der Waals surface area contributed by atoms with E-state index in [-0.39, 0.29) is 17.1 Å². The summed E-state index contributed by atoms with van der Waals surface area (Å²) in [5, 5.41) is 0.162. The van der Waals surface area contributed by atoms with Crippen molar-refractivity contribution in [1.82, 2.24) is 0 Å². The lowest BCUT2D eigenvalue weighted by Crippen LogP contribution is -2.43. The predicted molar refractivity (Wildman–Crippen MR) is 122 cm³/mol. The first-order valence-electron chi connectivity index (χ1n) is 10.2. The van der Waals surface area contributed by atoms with E-state index in [1.165, 1.54) is 11.1 Å². The van der Waals surface area contributed by atoms with Crippen LogP contribution >= 0.6 is 0 Å². The summed E-state index contributed by atoms with van der Waals surface area (Å²) in [5.41, 5.74) is 2.43. The maximum atomic E-state index is 6.87. The van der Waals surface area contributed by atoms with Gasteiger partial charge in [-0.2, -0.15) is 0 Å². The third-order valence-electron chi connectivity index (χ3n) is 5.75. The number of hydrogen-bond acceptors (Lipinski definition) is 2. The van der Waals surface area contributed by atoms with Crippen LogP contribution in [0.3, 0.4) is 0 Å². The van der Waals surface area contributed by atoms with Crippen molar-refractivity contribution < 1.29 is 9.16 Å². The molecule has 0 aliphatic carbocycles. The van der Waals surface area contributed by atoms with Gasteiger partial charge in [0.2, 0.25) is 0 Å². The number of benzene rings is 2. The molecular weight excluding hydrogens is 360 g/mol. The second kappa shape index (κ2) is 10.2. The molecule has 152 valence electrons. The Morgan fingerprint density at radius 1 is 0.964 bits per heavy atom. The lowest BCUT2D eigenvalue weighted by molar-refractivity contribution is 0.0797. The van der Waals surface area contributed by atoms with Crippen molar-refractivity contribution in [2.45, 2.75) is 58.0 Å². The molecular formula is C25H36O2Si. The third-order valence-corrected chi connectivity index (χ3v) is 10.2. The molecule has 0 spiro atoms. The molecule has 0 bridgehead atoms. The minimum absolute atomic E-state index is 0.0138. The first-order valence-corrected chi connectivity index (χ1v) is 13.1. The Hall–Kier alpha value is -1.68. The van der Waals surface area contributed by atoms with E-state index in [2.05, 4.69) is 82.9 Å². The molecule has 0 saturated heterocycles. The summed E-state index contributed by atoms with van der Waals surface area (Å²) < 4.78 is 12.8. The summed E-state index contributed by atoms with van der Waals surface area (Å²) in [7, 11) is -1.92. The van der Waals surface area contributed by atoms with Crippen LogP contribution in [0.5, 0.6) is 0 Å². The molecule has 0 aliphatic heterocycles. The smallest absolute Gasteiger partial charge is 0.192 e. The average molecular weight is 397 g/mol. The first-order chi connectivity index (χ1) is 13.2. The third kappa shape index (κ3) is 6.44. The molecule has 0 heterocycles. The van der Waals surface area contributed by atoms with E-state index >= 15 is 0 Å². The van der Waals surface area contributed by atoms with E-state index < -0.39 is 8.32 Å². The molecule has 0 aromatic heterocycles. The fourth-order valence-electron chi connectivity index (χ4n) is 2.92. The van der Waals surface area contributed by atoms with Gasteiger partial charge in [0.15, 0.2) is 8.32 Å². The highest BCUT2D eigenvalue weighted by Gasteiger charge is 2.40. The van der Waals surface area contributed by atoms with Gasteiger partial charge in [-0.1, -0.05) is 87.5 Å². The van der Waals surface area contributed by atoms with Gasteiger partial charge in [-0.05, 0) is 35.7 Å². The molecule has 0 fully saturated rings. The van der Waals surface area contributed by atoms with E-state index in [4.69, 9.17) is 9.16 Å². The standard InChI is InChI=1S/C25H36O2Si/c1-7-22(18-19-26-20-21-14-10-8-11-15-21)24(23-16-12-9-13-17-23)27-28(5,6)25(2,3)4/h7-17,22,24H,1,18-20H2,2-6H3/t22-,24-/m0/s1. The zero-order valence-electron chi connectivity index (χ0n) is 18.2. The van der Waals surface area contributed by atoms with E-state index in [1.807, 2.05) is 24.3 Å². The monoisotopic (exact) mass is 396 g/mol. The normalized spacial score (nSPS) is 14.5. The summed E-state index contributed by atoms with van der Waals surface area (Å²) in [5.74, 6) is 0.215. The summed E-state index contributed by atoms with van der Waals surface area (Å²) in [6, 6.07) is 20.9. The highest BCUT2D eigenvalue weighted by molar-refractivity contribution is 6.74. The Bertz CT molecular complexity index is 704. The number of rotatable bonds is 10. The quantitative estimate of drug-likeness (QED) is 0.241. The summed E-state index contributed by atoms with van der Waals surface area (Å²) in [4.78, 5) is 0. The van der Waals surface area contributed by atoms with E-state index in [1.54, 1.807) is 0 Å². The Kier molecular flexibility index (Phi) is 8.23. The zero-order valence-corrected chi connectivity index (χ0v) is 19.2. The van der Waals surface area contributed by atoms with Crippen LogP contribution in [0.4, 0.5) is 0 Å². The van der Waals surface area contributed by atoms with Crippen molar-refractivity contribution in [3.63, 3.8) is 0 Å². The molecule has 0 saturated carbocycles. The highest BCUT2D eigenvalue weighted by Crippen LogP contribution is 2.42. The fraction of sp³-hybridized carbons (Fsp3) is 0.440. The van der Waals surface area contributed by atoms with E-state index in [0.29, 0.717) is 13.2 Å². The summed E-state index contributed by atoms with van der Waals surface area (Å²) in [6.07, 6.45) is 2.95. The van der Waals surface area contributed by atoms with Crippen LogP contribution in [-0.4, -0.2) is 14.9 Å². The molecule has 0 aliphatic rings. The van der Waals surface area contributed by atoms with Gasteiger partial charge in [0.25, 0.3) is 0 Å².